The van der Waals surface area contributed by atoms with Crippen LogP contribution in [0.25, 0.3) is 0 Å². The number of ether oxygens (including phenoxy) is 5. The third kappa shape index (κ3) is 9.38. The molecule has 0 radical (unpaired) electrons. The number of nitrogens with zero attached hydrogens (tertiary/aromatic N) is 7. The molecule has 286 valence electrons. The number of terminal acetylenes is 1. The maximum atomic E-state index is 14.5. The minimum Gasteiger partial charge on any atom is -0.490 e. The number of anilines is 2. The van der Waals surface area contributed by atoms with Crippen molar-refractivity contribution in [3.8, 4) is 35.9 Å². The maximum absolute atomic E-state index is 14.5. The lowest BCUT2D eigenvalue weighted by atomic mass is 9.92. The number of carbonyl (C=O) groups is 2. The highest BCUT2D eigenvalue weighted by molar-refractivity contribution is 7.90. The van der Waals surface area contributed by atoms with Crippen LogP contribution in [-0.4, -0.2) is 91.9 Å². The molecule has 2 aromatic carbocycles. The molecule has 0 bridgehead atoms. The number of hydrogen-bond acceptors (Lipinski definition) is 15. The molecular weight excluding hydrogens is 750 g/mol. The van der Waals surface area contributed by atoms with Gasteiger partial charge in [0, 0.05) is 37.7 Å². The van der Waals surface area contributed by atoms with E-state index in [-0.39, 0.29) is 72.0 Å². The molecule has 2 N–H and O–H groups in total. The number of hydrogen-bond donors (Lipinski definition) is 2. The zero-order valence-corrected chi connectivity index (χ0v) is 31.4. The molecule has 0 aliphatic carbocycles. The summed E-state index contributed by atoms with van der Waals surface area (Å²) in [6.45, 7) is 5.46. The quantitative estimate of drug-likeness (QED) is 0.166. The Kier molecular flexibility index (Phi) is 12.3. The first-order valence-corrected chi connectivity index (χ1v) is 18.2. The summed E-state index contributed by atoms with van der Waals surface area (Å²) >= 11 is 1.24. The number of fused-ring (bicyclic) bond motifs is 2. The first kappa shape index (κ1) is 39.4. The van der Waals surface area contributed by atoms with Crippen LogP contribution in [0.4, 0.5) is 26.5 Å². The van der Waals surface area contributed by atoms with E-state index in [1.54, 1.807) is 6.07 Å². The molecule has 4 heterocycles. The number of benzene rings is 2. The predicted molar refractivity (Wildman–Crippen MR) is 192 cm³/mol. The summed E-state index contributed by atoms with van der Waals surface area (Å²) in [5.74, 6) is 2.73. The van der Waals surface area contributed by atoms with Gasteiger partial charge in [0.2, 0.25) is 10.7 Å². The van der Waals surface area contributed by atoms with Gasteiger partial charge in [0.05, 0.1) is 33.1 Å². The summed E-state index contributed by atoms with van der Waals surface area (Å²) in [6.07, 6.45) is 6.22. The van der Waals surface area contributed by atoms with E-state index >= 15 is 0 Å². The SMILES string of the molecule is C#CCN1C(=O)COc2cc(F)c(N=c3snc4n3CC(C)(C)C4)cc21.COCCOc1ccccc1S(=O)(=O)NC(=O)Nc1nc(OC)nc(OC)n1. The molecule has 0 fully saturated rings. The van der Waals surface area contributed by atoms with Gasteiger partial charge in [0.15, 0.2) is 12.4 Å². The lowest BCUT2D eigenvalue weighted by Crippen LogP contribution is -2.39. The zero-order chi connectivity index (χ0) is 39.0. The highest BCUT2D eigenvalue weighted by atomic mass is 32.2. The second-order valence-electron chi connectivity index (χ2n) is 12.1. The second-order valence-corrected chi connectivity index (χ2v) is 14.5. The Labute approximate surface area is 313 Å². The molecule has 0 unspecified atom stereocenters. The van der Waals surface area contributed by atoms with Crippen LogP contribution in [0.1, 0.15) is 19.7 Å². The van der Waals surface area contributed by atoms with Gasteiger partial charge in [-0.05, 0) is 23.6 Å². The van der Waals surface area contributed by atoms with Crippen molar-refractivity contribution in [2.24, 2.45) is 10.4 Å². The molecule has 2 aliphatic heterocycles. The Balaban J connectivity index is 0.000000208. The number of para-hydroxylation sites is 1. The van der Waals surface area contributed by atoms with Gasteiger partial charge in [-0.1, -0.05) is 31.9 Å². The molecule has 0 spiro atoms. The standard InChI is InChI=1S/C18H17FN4O2S.C15H19N5O7S/c1-4-5-22-13-7-12(11(19)6-14(13)25-9-16(22)24)20-17-23-10-18(2,3)8-15(23)21-26-17;1-24-8-9-27-10-6-4-5-7-11(10)28(22,23)20-13(21)16-12-17-14(25-2)19-15(18-12)26-3/h1,6-7H,5,8-10H2,2-3H3;4-7H,8-9H2,1-3H3,(H2,16,17,18,19,20,21). The number of sulfonamides is 1. The summed E-state index contributed by atoms with van der Waals surface area (Å²) in [5, 5.41) is 2.18. The molecule has 18 nitrogen and oxygen atoms in total. The number of methoxy groups -OCH3 is 3. The van der Waals surface area contributed by atoms with Crippen LogP contribution < -0.4 is 38.7 Å². The Hall–Kier alpha value is -5.85. The van der Waals surface area contributed by atoms with Crippen molar-refractivity contribution in [2.45, 2.75) is 31.7 Å². The third-order valence-corrected chi connectivity index (χ3v) is 9.68. The van der Waals surface area contributed by atoms with E-state index in [0.29, 0.717) is 16.2 Å². The monoisotopic (exact) mass is 785 g/mol. The van der Waals surface area contributed by atoms with E-state index in [4.69, 9.17) is 30.1 Å². The molecule has 2 aromatic heterocycles. The number of carbonyl (C=O) groups excluding carboxylic acids is 2. The van der Waals surface area contributed by atoms with Crippen LogP contribution >= 0.6 is 11.5 Å². The van der Waals surface area contributed by atoms with Gasteiger partial charge in [-0.25, -0.2) is 27.3 Å². The van der Waals surface area contributed by atoms with Crippen molar-refractivity contribution in [3.63, 3.8) is 0 Å². The van der Waals surface area contributed by atoms with Crippen LogP contribution in [0.5, 0.6) is 23.5 Å². The molecule has 0 saturated carbocycles. The van der Waals surface area contributed by atoms with Crippen molar-refractivity contribution in [1.82, 2.24) is 28.6 Å². The van der Waals surface area contributed by atoms with Crippen LogP contribution in [0.15, 0.2) is 46.3 Å². The first-order valence-electron chi connectivity index (χ1n) is 16.0. The normalized spacial score (nSPS) is 14.4. The number of amides is 3. The molecule has 21 heteroatoms. The lowest BCUT2D eigenvalue weighted by Gasteiger charge is -2.28. The minimum atomic E-state index is -4.24. The van der Waals surface area contributed by atoms with Gasteiger partial charge < -0.3 is 28.3 Å². The second kappa shape index (κ2) is 16.9. The molecule has 6 rings (SSSR count). The largest absolute Gasteiger partial charge is 0.490 e. The molecule has 0 atom stereocenters. The summed E-state index contributed by atoms with van der Waals surface area (Å²) < 4.78 is 73.2. The fraction of sp³-hybridized carbons (Fsp3) is 0.364. The van der Waals surface area contributed by atoms with E-state index < -0.39 is 21.9 Å². The summed E-state index contributed by atoms with van der Waals surface area (Å²) in [5.41, 5.74) is 0.678. The third-order valence-electron chi connectivity index (χ3n) is 7.53. The smallest absolute Gasteiger partial charge is 0.335 e. The van der Waals surface area contributed by atoms with Crippen LogP contribution in [-0.2, 0) is 32.5 Å². The van der Waals surface area contributed by atoms with E-state index in [2.05, 4.69) is 49.4 Å². The number of aromatic nitrogens is 5. The first-order chi connectivity index (χ1) is 25.8. The van der Waals surface area contributed by atoms with Crippen LogP contribution in [0, 0.1) is 23.6 Å². The Morgan fingerprint density at radius 3 is 2.54 bits per heavy atom. The molecule has 3 amide bonds. The van der Waals surface area contributed by atoms with Gasteiger partial charge in [-0.2, -0.15) is 14.3 Å². The number of halogens is 1. The lowest BCUT2D eigenvalue weighted by molar-refractivity contribution is -0.121. The summed E-state index contributed by atoms with van der Waals surface area (Å²) in [7, 11) is -0.133. The number of rotatable bonds is 11. The van der Waals surface area contributed by atoms with Crippen molar-refractivity contribution < 1.29 is 46.1 Å². The average molecular weight is 786 g/mol. The van der Waals surface area contributed by atoms with Crippen LogP contribution in [0.2, 0.25) is 0 Å². The summed E-state index contributed by atoms with van der Waals surface area (Å²) in [6, 6.07) is 7.27. The van der Waals surface area contributed by atoms with E-state index in [1.807, 2.05) is 9.29 Å². The maximum Gasteiger partial charge on any atom is 0.335 e. The van der Waals surface area contributed by atoms with Crippen molar-refractivity contribution in [2.75, 3.05) is 57.9 Å². The molecular formula is C33H36FN9O9S2. The summed E-state index contributed by atoms with van der Waals surface area (Å²) in [4.78, 5) is 41.8. The molecule has 0 saturated heterocycles. The predicted octanol–water partition coefficient (Wildman–Crippen LogP) is 2.68. The highest BCUT2D eigenvalue weighted by Crippen LogP contribution is 2.37. The molecule has 54 heavy (non-hydrogen) atoms. The van der Waals surface area contributed by atoms with E-state index in [1.165, 1.54) is 68.1 Å². The van der Waals surface area contributed by atoms with Gasteiger partial charge in [-0.3, -0.25) is 15.0 Å². The fourth-order valence-corrected chi connectivity index (χ4v) is 6.97. The van der Waals surface area contributed by atoms with Crippen molar-refractivity contribution in [3.05, 3.63) is 52.8 Å². The topological polar surface area (TPSA) is 211 Å². The van der Waals surface area contributed by atoms with Gasteiger partial charge in [-0.15, -0.1) is 11.4 Å². The molecule has 4 aromatic rings. The van der Waals surface area contributed by atoms with E-state index in [9.17, 15) is 22.4 Å². The van der Waals surface area contributed by atoms with Crippen molar-refractivity contribution >= 4 is 50.8 Å². The van der Waals surface area contributed by atoms with E-state index in [0.717, 1.165) is 18.8 Å². The average Bonchev–Trinajstić information content (AvgIpc) is 3.64. The van der Waals surface area contributed by atoms with Gasteiger partial charge in [0.25, 0.3) is 15.9 Å². The Bertz CT molecular complexity index is 2230. The Morgan fingerprint density at radius 1 is 1.13 bits per heavy atom. The Morgan fingerprint density at radius 2 is 1.85 bits per heavy atom. The fourth-order valence-electron chi connectivity index (χ4n) is 5.15. The van der Waals surface area contributed by atoms with Gasteiger partial charge in [0.1, 0.15) is 34.5 Å². The molecule has 2 aliphatic rings. The van der Waals surface area contributed by atoms with Crippen LogP contribution in [0.3, 0.4) is 0 Å². The van der Waals surface area contributed by atoms with Crippen molar-refractivity contribution in [1.29, 1.82) is 0 Å². The number of urea groups is 1. The number of nitrogens with one attached hydrogen (secondary N) is 2. The zero-order valence-electron chi connectivity index (χ0n) is 29.8. The van der Waals surface area contributed by atoms with Gasteiger partial charge >= 0.3 is 18.1 Å². The minimum absolute atomic E-state index is 0.0725. The highest BCUT2D eigenvalue weighted by Gasteiger charge is 2.31.